The second-order valence-electron chi connectivity index (χ2n) is 5.27. The molecule has 0 unspecified atom stereocenters. The van der Waals surface area contributed by atoms with E-state index in [-0.39, 0.29) is 0 Å². The highest BCUT2D eigenvalue weighted by molar-refractivity contribution is 7.18. The smallest absolute Gasteiger partial charge is 0.203 e. The fraction of sp³-hybridized carbons (Fsp3) is 0.0625. The Labute approximate surface area is 139 Å². The van der Waals surface area contributed by atoms with E-state index in [1.165, 1.54) is 17.4 Å². The molecule has 0 aliphatic rings. The molecule has 0 saturated carbocycles. The molecule has 2 heterocycles. The maximum atomic E-state index is 13.4. The predicted molar refractivity (Wildman–Crippen MR) is 88.5 cm³/mol. The van der Waals surface area contributed by atoms with Gasteiger partial charge in [0.25, 0.3) is 0 Å². The van der Waals surface area contributed by atoms with E-state index in [4.69, 9.17) is 5.73 Å². The number of nitrogens with zero attached hydrogens (tertiary/aromatic N) is 4. The van der Waals surface area contributed by atoms with Gasteiger partial charge in [-0.15, -0.1) is 10.2 Å². The first-order valence-corrected chi connectivity index (χ1v) is 7.90. The van der Waals surface area contributed by atoms with Gasteiger partial charge >= 0.3 is 0 Å². The van der Waals surface area contributed by atoms with E-state index in [0.29, 0.717) is 17.2 Å². The molecule has 0 spiro atoms. The van der Waals surface area contributed by atoms with Gasteiger partial charge < -0.3 is 10.3 Å². The van der Waals surface area contributed by atoms with Crippen molar-refractivity contribution >= 4 is 27.5 Å². The zero-order valence-corrected chi connectivity index (χ0v) is 13.1. The summed E-state index contributed by atoms with van der Waals surface area (Å²) in [6.07, 6.45) is 1.67. The molecule has 2 aromatic heterocycles. The molecule has 0 aliphatic heterocycles. The Bertz CT molecular complexity index is 1040. The zero-order valence-electron chi connectivity index (χ0n) is 12.3. The number of halogens is 2. The lowest BCUT2D eigenvalue weighted by atomic mass is 10.2. The van der Waals surface area contributed by atoms with Crippen LogP contribution in [0.5, 0.6) is 0 Å². The van der Waals surface area contributed by atoms with Crippen LogP contribution in [0.3, 0.4) is 0 Å². The molecule has 4 aromatic rings. The number of aromatic nitrogens is 4. The topological polar surface area (TPSA) is 69.6 Å². The van der Waals surface area contributed by atoms with E-state index in [1.807, 2.05) is 22.8 Å². The minimum absolute atomic E-state index is 0.384. The van der Waals surface area contributed by atoms with Gasteiger partial charge in [-0.2, -0.15) is 0 Å². The number of rotatable bonds is 3. The van der Waals surface area contributed by atoms with Gasteiger partial charge in [0.2, 0.25) is 5.13 Å². The van der Waals surface area contributed by atoms with Gasteiger partial charge in [-0.05, 0) is 35.9 Å². The average Bonchev–Trinajstić information content (AvgIpc) is 3.17. The molecule has 2 N–H and O–H groups in total. The van der Waals surface area contributed by atoms with Crippen molar-refractivity contribution in [2.75, 3.05) is 5.73 Å². The number of fused-ring (bicyclic) bond motifs is 1. The molecule has 5 nitrogen and oxygen atoms in total. The number of hydrogen-bond donors (Lipinski definition) is 1. The lowest BCUT2D eigenvalue weighted by Gasteiger charge is -2.06. The van der Waals surface area contributed by atoms with Crippen molar-refractivity contribution in [3.05, 3.63) is 59.9 Å². The third-order valence-corrected chi connectivity index (χ3v) is 4.45. The maximum absolute atomic E-state index is 13.4. The molecule has 0 saturated heterocycles. The third-order valence-electron chi connectivity index (χ3n) is 3.65. The monoisotopic (exact) mass is 343 g/mol. The summed E-state index contributed by atoms with van der Waals surface area (Å²) in [5.41, 5.74) is 8.83. The van der Waals surface area contributed by atoms with Crippen molar-refractivity contribution in [1.82, 2.24) is 19.7 Å². The summed E-state index contributed by atoms with van der Waals surface area (Å²) >= 11 is 1.30. The maximum Gasteiger partial charge on any atom is 0.203 e. The second-order valence-corrected chi connectivity index (χ2v) is 6.28. The molecule has 0 radical (unpaired) electrons. The van der Waals surface area contributed by atoms with Crippen LogP contribution < -0.4 is 5.73 Å². The van der Waals surface area contributed by atoms with Crippen molar-refractivity contribution in [3.63, 3.8) is 0 Å². The highest BCUT2D eigenvalue weighted by atomic mass is 32.1. The standard InChI is InChI=1S/C16H11F2N5S/c17-11-3-1-9(5-12(11)18)7-23-8-20-13-4-2-10(6-14(13)23)15-21-22-16(19)24-15/h1-6,8H,7H2,(H2,19,22). The zero-order chi connectivity index (χ0) is 16.7. The van der Waals surface area contributed by atoms with Gasteiger partial charge in [-0.3, -0.25) is 0 Å². The van der Waals surface area contributed by atoms with Crippen molar-refractivity contribution in [3.8, 4) is 10.6 Å². The lowest BCUT2D eigenvalue weighted by Crippen LogP contribution is -1.99. The summed E-state index contributed by atoms with van der Waals surface area (Å²) in [6, 6.07) is 9.58. The molecule has 0 atom stereocenters. The number of nitrogen functional groups attached to an aromatic ring is 1. The summed E-state index contributed by atoms with van der Waals surface area (Å²) in [7, 11) is 0. The number of nitrogens with two attached hydrogens (primary N) is 1. The van der Waals surface area contributed by atoms with Crippen LogP contribution in [0.25, 0.3) is 21.6 Å². The molecular formula is C16H11F2N5S. The largest absolute Gasteiger partial charge is 0.374 e. The predicted octanol–water partition coefficient (Wildman–Crippen LogP) is 3.46. The van der Waals surface area contributed by atoms with Crippen LogP contribution in [0, 0.1) is 11.6 Å². The third kappa shape index (κ3) is 2.61. The molecule has 8 heteroatoms. The van der Waals surface area contributed by atoms with Crippen molar-refractivity contribution in [2.24, 2.45) is 0 Å². The molecule has 24 heavy (non-hydrogen) atoms. The molecule has 0 aliphatic carbocycles. The van der Waals surface area contributed by atoms with Crippen LogP contribution in [-0.2, 0) is 6.54 Å². The fourth-order valence-corrected chi connectivity index (χ4v) is 3.11. The van der Waals surface area contributed by atoms with E-state index < -0.39 is 11.6 Å². The molecule has 2 aromatic carbocycles. The van der Waals surface area contributed by atoms with E-state index in [9.17, 15) is 8.78 Å². The number of benzene rings is 2. The van der Waals surface area contributed by atoms with Crippen LogP contribution >= 0.6 is 11.3 Å². The van der Waals surface area contributed by atoms with Gasteiger partial charge in [0.15, 0.2) is 11.6 Å². The van der Waals surface area contributed by atoms with Gasteiger partial charge in [-0.25, -0.2) is 13.8 Å². The molecule has 0 fully saturated rings. The minimum Gasteiger partial charge on any atom is -0.374 e. The Morgan fingerprint density at radius 2 is 1.92 bits per heavy atom. The first-order chi connectivity index (χ1) is 11.6. The summed E-state index contributed by atoms with van der Waals surface area (Å²) < 4.78 is 28.3. The summed E-state index contributed by atoms with van der Waals surface area (Å²) in [4.78, 5) is 4.33. The normalized spacial score (nSPS) is 11.2. The second kappa shape index (κ2) is 5.64. The van der Waals surface area contributed by atoms with Crippen LogP contribution in [0.2, 0.25) is 0 Å². The van der Waals surface area contributed by atoms with Crippen LogP contribution in [0.15, 0.2) is 42.7 Å². The Balaban J connectivity index is 1.74. The molecule has 120 valence electrons. The Morgan fingerprint density at radius 3 is 2.67 bits per heavy atom. The van der Waals surface area contributed by atoms with Crippen LogP contribution in [-0.4, -0.2) is 19.7 Å². The first kappa shape index (κ1) is 14.7. The van der Waals surface area contributed by atoms with Gasteiger partial charge in [0, 0.05) is 12.1 Å². The van der Waals surface area contributed by atoms with E-state index in [2.05, 4.69) is 15.2 Å². The Kier molecular flexibility index (Phi) is 3.46. The van der Waals surface area contributed by atoms with E-state index in [0.717, 1.165) is 27.7 Å². The molecule has 4 rings (SSSR count). The summed E-state index contributed by atoms with van der Waals surface area (Å²) in [5, 5.41) is 8.97. The lowest BCUT2D eigenvalue weighted by molar-refractivity contribution is 0.506. The molecular weight excluding hydrogens is 332 g/mol. The average molecular weight is 343 g/mol. The van der Waals surface area contributed by atoms with Crippen molar-refractivity contribution in [1.29, 1.82) is 0 Å². The van der Waals surface area contributed by atoms with E-state index >= 15 is 0 Å². The van der Waals surface area contributed by atoms with Crippen molar-refractivity contribution in [2.45, 2.75) is 6.54 Å². The summed E-state index contributed by atoms with van der Waals surface area (Å²) in [5.74, 6) is -1.72. The number of imidazole rings is 1. The van der Waals surface area contributed by atoms with Gasteiger partial charge in [-0.1, -0.05) is 17.4 Å². The highest BCUT2D eigenvalue weighted by Gasteiger charge is 2.10. The number of anilines is 1. The summed E-state index contributed by atoms with van der Waals surface area (Å²) in [6.45, 7) is 0.384. The van der Waals surface area contributed by atoms with Gasteiger partial charge in [0.05, 0.1) is 17.4 Å². The quantitative estimate of drug-likeness (QED) is 0.618. The van der Waals surface area contributed by atoms with E-state index in [1.54, 1.807) is 12.4 Å². The first-order valence-electron chi connectivity index (χ1n) is 7.08. The minimum atomic E-state index is -0.859. The van der Waals surface area contributed by atoms with Crippen LogP contribution in [0.1, 0.15) is 5.56 Å². The fourth-order valence-electron chi connectivity index (χ4n) is 2.50. The highest BCUT2D eigenvalue weighted by Crippen LogP contribution is 2.27. The van der Waals surface area contributed by atoms with Crippen molar-refractivity contribution < 1.29 is 8.78 Å². The number of hydrogen-bond acceptors (Lipinski definition) is 5. The Hall–Kier alpha value is -2.87. The van der Waals surface area contributed by atoms with Crippen LogP contribution in [0.4, 0.5) is 13.9 Å². The Morgan fingerprint density at radius 1 is 1.04 bits per heavy atom. The molecule has 0 amide bonds. The molecule has 0 bridgehead atoms. The SMILES string of the molecule is Nc1nnc(-c2ccc3ncn(Cc4ccc(F)c(F)c4)c3c2)s1. The van der Waals surface area contributed by atoms with Gasteiger partial charge in [0.1, 0.15) is 5.01 Å².